The highest BCUT2D eigenvalue weighted by Crippen LogP contribution is 2.28. The fourth-order valence-electron chi connectivity index (χ4n) is 3.99. The van der Waals surface area contributed by atoms with Gasteiger partial charge in [-0.15, -0.1) is 0 Å². The molecular formula is C23H30BrN3O2. The van der Waals surface area contributed by atoms with Gasteiger partial charge in [-0.2, -0.15) is 0 Å². The predicted molar refractivity (Wildman–Crippen MR) is 122 cm³/mol. The Hall–Kier alpha value is -2.05. The van der Waals surface area contributed by atoms with E-state index >= 15 is 0 Å². The summed E-state index contributed by atoms with van der Waals surface area (Å²) in [6, 6.07) is 10.2. The second-order valence-corrected chi connectivity index (χ2v) is 8.81. The molecule has 1 amide bonds. The molecule has 3 rings (SSSR count). The monoisotopic (exact) mass is 459 g/mol. The van der Waals surface area contributed by atoms with Crippen LogP contribution in [-0.4, -0.2) is 19.1 Å². The van der Waals surface area contributed by atoms with Crippen LogP contribution in [0.1, 0.15) is 42.4 Å². The number of benzene rings is 2. The normalized spacial score (nSPS) is 19.0. The molecule has 1 aliphatic rings. The minimum absolute atomic E-state index is 0.0554. The van der Waals surface area contributed by atoms with Crippen LogP contribution in [0.5, 0.6) is 5.75 Å². The summed E-state index contributed by atoms with van der Waals surface area (Å²) in [6.07, 6.45) is 3.76. The van der Waals surface area contributed by atoms with Crippen LogP contribution < -0.4 is 21.1 Å². The number of hydrogen-bond donors (Lipinski definition) is 3. The Balaban J connectivity index is 1.49. The van der Waals surface area contributed by atoms with Crippen molar-refractivity contribution in [3.8, 4) is 5.75 Å². The number of methoxy groups -OCH3 is 1. The van der Waals surface area contributed by atoms with E-state index in [4.69, 9.17) is 10.5 Å². The Morgan fingerprint density at radius 1 is 1.14 bits per heavy atom. The van der Waals surface area contributed by atoms with Crippen LogP contribution in [0.4, 0.5) is 11.4 Å². The number of rotatable bonds is 6. The summed E-state index contributed by atoms with van der Waals surface area (Å²) in [5.41, 5.74) is 11.2. The summed E-state index contributed by atoms with van der Waals surface area (Å²) in [6.45, 7) is 4.83. The van der Waals surface area contributed by atoms with E-state index in [1.165, 1.54) is 5.56 Å². The van der Waals surface area contributed by atoms with Gasteiger partial charge in [-0.1, -0.05) is 22.0 Å². The fourth-order valence-corrected chi connectivity index (χ4v) is 4.58. The molecule has 2 aromatic rings. The molecule has 1 saturated carbocycles. The van der Waals surface area contributed by atoms with Crippen molar-refractivity contribution in [1.82, 2.24) is 5.32 Å². The van der Waals surface area contributed by atoms with Crippen molar-refractivity contribution < 1.29 is 9.53 Å². The number of amides is 1. The Kier molecular flexibility index (Phi) is 7.19. The van der Waals surface area contributed by atoms with E-state index in [2.05, 4.69) is 39.6 Å². The van der Waals surface area contributed by atoms with Crippen LogP contribution in [0.15, 0.2) is 34.8 Å². The second-order valence-electron chi connectivity index (χ2n) is 7.89. The highest BCUT2D eigenvalue weighted by molar-refractivity contribution is 9.10. The van der Waals surface area contributed by atoms with E-state index in [0.29, 0.717) is 6.04 Å². The van der Waals surface area contributed by atoms with Crippen LogP contribution in [-0.2, 0) is 11.3 Å². The Morgan fingerprint density at radius 2 is 1.86 bits per heavy atom. The van der Waals surface area contributed by atoms with Crippen LogP contribution in [0.2, 0.25) is 0 Å². The molecule has 0 saturated heterocycles. The van der Waals surface area contributed by atoms with E-state index in [-0.39, 0.29) is 11.8 Å². The minimum Gasteiger partial charge on any atom is -0.496 e. The summed E-state index contributed by atoms with van der Waals surface area (Å²) < 4.78 is 6.35. The molecule has 29 heavy (non-hydrogen) atoms. The van der Waals surface area contributed by atoms with Crippen molar-refractivity contribution in [2.75, 3.05) is 18.2 Å². The van der Waals surface area contributed by atoms with Gasteiger partial charge < -0.3 is 21.1 Å². The average molecular weight is 460 g/mol. The third-order valence-corrected chi connectivity index (χ3v) is 6.27. The van der Waals surface area contributed by atoms with Crippen molar-refractivity contribution >= 4 is 33.2 Å². The molecule has 0 bridgehead atoms. The average Bonchev–Trinajstić information content (AvgIpc) is 2.69. The second kappa shape index (κ2) is 9.63. The highest BCUT2D eigenvalue weighted by atomic mass is 79.9. The van der Waals surface area contributed by atoms with Gasteiger partial charge in [0.05, 0.1) is 7.11 Å². The van der Waals surface area contributed by atoms with Gasteiger partial charge in [0.2, 0.25) is 5.91 Å². The third kappa shape index (κ3) is 5.52. The predicted octanol–water partition coefficient (Wildman–Crippen LogP) is 4.94. The SMILES string of the molecule is COc1cc(NC(=O)C2CCC(NCc3c(C)cc(Br)cc3N)CC2)ccc1C. The van der Waals surface area contributed by atoms with E-state index in [9.17, 15) is 4.79 Å². The maximum Gasteiger partial charge on any atom is 0.227 e. The molecule has 4 N–H and O–H groups in total. The third-order valence-electron chi connectivity index (χ3n) is 5.81. The molecule has 1 aliphatic carbocycles. The summed E-state index contributed by atoms with van der Waals surface area (Å²) >= 11 is 3.48. The van der Waals surface area contributed by atoms with Crippen molar-refractivity contribution in [2.45, 2.75) is 52.1 Å². The largest absolute Gasteiger partial charge is 0.496 e. The molecule has 6 heteroatoms. The summed E-state index contributed by atoms with van der Waals surface area (Å²) in [7, 11) is 1.64. The van der Waals surface area contributed by atoms with Crippen LogP contribution in [0, 0.1) is 19.8 Å². The molecule has 156 valence electrons. The maximum atomic E-state index is 12.7. The first kappa shape index (κ1) is 21.7. The number of nitrogens with one attached hydrogen (secondary N) is 2. The number of carbonyl (C=O) groups is 1. The fraction of sp³-hybridized carbons (Fsp3) is 0.435. The van der Waals surface area contributed by atoms with Crippen LogP contribution in [0.3, 0.4) is 0 Å². The molecule has 2 aromatic carbocycles. The van der Waals surface area contributed by atoms with E-state index in [1.54, 1.807) is 7.11 Å². The molecule has 5 nitrogen and oxygen atoms in total. The van der Waals surface area contributed by atoms with Crippen molar-refractivity contribution in [2.24, 2.45) is 5.92 Å². The van der Waals surface area contributed by atoms with E-state index < -0.39 is 0 Å². The lowest BCUT2D eigenvalue weighted by atomic mass is 9.85. The zero-order chi connectivity index (χ0) is 21.0. The number of carbonyl (C=O) groups excluding carboxylic acids is 1. The number of anilines is 2. The lowest BCUT2D eigenvalue weighted by Crippen LogP contribution is -2.36. The molecule has 0 aromatic heterocycles. The first-order valence-electron chi connectivity index (χ1n) is 10.1. The van der Waals surface area contributed by atoms with Gasteiger partial charge in [0, 0.05) is 40.4 Å². The number of nitrogen functional groups attached to an aromatic ring is 1. The first-order valence-corrected chi connectivity index (χ1v) is 10.9. The number of nitrogens with two attached hydrogens (primary N) is 1. The molecule has 0 heterocycles. The lowest BCUT2D eigenvalue weighted by Gasteiger charge is -2.29. The summed E-state index contributed by atoms with van der Waals surface area (Å²) in [5, 5.41) is 6.67. The molecule has 1 fully saturated rings. The van der Waals surface area contributed by atoms with Gasteiger partial charge >= 0.3 is 0 Å². The number of halogens is 1. The quantitative estimate of drug-likeness (QED) is 0.534. The van der Waals surface area contributed by atoms with Crippen molar-refractivity contribution in [3.05, 3.63) is 51.5 Å². The zero-order valence-electron chi connectivity index (χ0n) is 17.3. The zero-order valence-corrected chi connectivity index (χ0v) is 18.9. The van der Waals surface area contributed by atoms with Crippen LogP contribution >= 0.6 is 15.9 Å². The topological polar surface area (TPSA) is 76.4 Å². The van der Waals surface area contributed by atoms with Gasteiger partial charge in [0.15, 0.2) is 0 Å². The molecule has 0 atom stereocenters. The summed E-state index contributed by atoms with van der Waals surface area (Å²) in [5.74, 6) is 0.945. The Morgan fingerprint density at radius 3 is 2.52 bits per heavy atom. The lowest BCUT2D eigenvalue weighted by molar-refractivity contribution is -0.120. The van der Waals surface area contributed by atoms with Crippen molar-refractivity contribution in [1.29, 1.82) is 0 Å². The standard InChI is InChI=1S/C23H30BrN3O2/c1-14-4-7-19(12-22(14)29-3)27-23(28)16-5-8-18(9-6-16)26-13-20-15(2)10-17(24)11-21(20)25/h4,7,10-12,16,18,26H,5-6,8-9,13,25H2,1-3H3,(H,27,28). The Labute approximate surface area is 181 Å². The van der Waals surface area contributed by atoms with Gasteiger partial charge in [-0.25, -0.2) is 0 Å². The van der Waals surface area contributed by atoms with Crippen molar-refractivity contribution in [3.63, 3.8) is 0 Å². The molecule has 0 radical (unpaired) electrons. The van der Waals surface area contributed by atoms with Gasteiger partial charge in [-0.05, 0) is 74.4 Å². The summed E-state index contributed by atoms with van der Waals surface area (Å²) in [4.78, 5) is 12.7. The molecule has 0 aliphatic heterocycles. The minimum atomic E-state index is 0.0554. The first-order chi connectivity index (χ1) is 13.9. The Bertz CT molecular complexity index is 853. The maximum absolute atomic E-state index is 12.7. The number of ether oxygens (including phenoxy) is 1. The molecule has 0 unspecified atom stereocenters. The van der Waals surface area contributed by atoms with E-state index in [1.807, 2.05) is 31.2 Å². The number of aryl methyl sites for hydroxylation is 2. The van der Waals surface area contributed by atoms with Gasteiger partial charge in [-0.3, -0.25) is 4.79 Å². The number of hydrogen-bond acceptors (Lipinski definition) is 4. The smallest absolute Gasteiger partial charge is 0.227 e. The highest BCUT2D eigenvalue weighted by Gasteiger charge is 2.26. The van der Waals surface area contributed by atoms with Crippen LogP contribution in [0.25, 0.3) is 0 Å². The van der Waals surface area contributed by atoms with Gasteiger partial charge in [0.1, 0.15) is 5.75 Å². The van der Waals surface area contributed by atoms with E-state index in [0.717, 1.165) is 65.0 Å². The molecule has 0 spiro atoms. The molecular weight excluding hydrogens is 430 g/mol. The van der Waals surface area contributed by atoms with Gasteiger partial charge in [0.25, 0.3) is 0 Å².